The topological polar surface area (TPSA) is 96.8 Å². The first-order valence-corrected chi connectivity index (χ1v) is 11.0. The van der Waals surface area contributed by atoms with E-state index in [9.17, 15) is 23.9 Å². The average Bonchev–Trinajstić information content (AvgIpc) is 3.11. The summed E-state index contributed by atoms with van der Waals surface area (Å²) in [6.07, 6.45) is 1.17. The molecule has 0 aliphatic carbocycles. The number of aromatic nitrogens is 1. The molecule has 178 valence electrons. The number of aryl methyl sites for hydroxylation is 1. The number of aliphatic hydroxyl groups is 1. The lowest BCUT2D eigenvalue weighted by Gasteiger charge is -2.25. The summed E-state index contributed by atoms with van der Waals surface area (Å²) in [7, 11) is 0. The molecule has 2 aromatic carbocycles. The van der Waals surface area contributed by atoms with Crippen LogP contribution >= 0.6 is 0 Å². The van der Waals surface area contributed by atoms with E-state index < -0.39 is 35.3 Å². The molecule has 1 aliphatic rings. The number of hydrogen-bond donors (Lipinski definition) is 1. The van der Waals surface area contributed by atoms with E-state index in [0.717, 1.165) is 0 Å². The van der Waals surface area contributed by atoms with Gasteiger partial charge in [0.25, 0.3) is 11.7 Å². The predicted molar refractivity (Wildman–Crippen MR) is 127 cm³/mol. The van der Waals surface area contributed by atoms with Crippen LogP contribution in [0.25, 0.3) is 5.76 Å². The van der Waals surface area contributed by atoms with Crippen LogP contribution in [0.15, 0.2) is 72.4 Å². The van der Waals surface area contributed by atoms with Crippen molar-refractivity contribution in [2.24, 2.45) is 0 Å². The van der Waals surface area contributed by atoms with Gasteiger partial charge in [0.2, 0.25) is 0 Å². The van der Waals surface area contributed by atoms with Gasteiger partial charge in [0.15, 0.2) is 0 Å². The lowest BCUT2D eigenvalue weighted by Crippen LogP contribution is -2.30. The summed E-state index contributed by atoms with van der Waals surface area (Å²) in [6, 6.07) is 14.0. The summed E-state index contributed by atoms with van der Waals surface area (Å²) in [5.74, 6) is -3.30. The van der Waals surface area contributed by atoms with Crippen LogP contribution in [0, 0.1) is 12.7 Å². The third kappa shape index (κ3) is 4.55. The minimum Gasteiger partial charge on any atom is -0.507 e. The molecule has 0 radical (unpaired) electrons. The molecule has 0 bridgehead atoms. The molecule has 7 nitrogen and oxygen atoms in total. The maximum atomic E-state index is 13.8. The van der Waals surface area contributed by atoms with Crippen LogP contribution in [0.2, 0.25) is 0 Å². The number of carbonyl (C=O) groups excluding carboxylic acids is 3. The number of ketones is 1. The summed E-state index contributed by atoms with van der Waals surface area (Å²) in [6.45, 7) is 4.97. The summed E-state index contributed by atoms with van der Waals surface area (Å²) in [4.78, 5) is 44.4. The van der Waals surface area contributed by atoms with Gasteiger partial charge in [-0.2, -0.15) is 0 Å². The highest BCUT2D eigenvalue weighted by Gasteiger charge is 2.47. The first-order valence-electron chi connectivity index (χ1n) is 11.0. The van der Waals surface area contributed by atoms with Crippen LogP contribution in [0.4, 0.5) is 10.1 Å². The maximum Gasteiger partial charge on any atom is 0.338 e. The van der Waals surface area contributed by atoms with Crippen LogP contribution in [-0.2, 0) is 14.3 Å². The molecule has 3 aromatic rings. The van der Waals surface area contributed by atoms with E-state index in [1.165, 1.54) is 42.3 Å². The zero-order chi connectivity index (χ0) is 25.3. The molecule has 1 N–H and O–H groups in total. The molecule has 1 amide bonds. The lowest BCUT2D eigenvalue weighted by molar-refractivity contribution is -0.132. The van der Waals surface area contributed by atoms with E-state index in [-0.39, 0.29) is 34.1 Å². The van der Waals surface area contributed by atoms with E-state index in [1.54, 1.807) is 50.2 Å². The molecule has 1 aromatic heterocycles. The molecule has 0 spiro atoms. The summed E-state index contributed by atoms with van der Waals surface area (Å²) < 4.78 is 19.1. The Morgan fingerprint density at radius 3 is 2.49 bits per heavy atom. The number of aliphatic hydroxyl groups excluding tert-OH is 1. The predicted octanol–water partition coefficient (Wildman–Crippen LogP) is 4.72. The van der Waals surface area contributed by atoms with Crippen molar-refractivity contribution in [1.82, 2.24) is 4.98 Å². The minimum atomic E-state index is -1.07. The Balaban J connectivity index is 1.89. The van der Waals surface area contributed by atoms with Gasteiger partial charge in [-0.05, 0) is 74.9 Å². The standard InChI is InChI=1S/C27H23FN2O5/c1-15(2)35-27(34)18-7-6-8-19(14-18)30-23(21-9-4-5-12-29-21)22(25(32)26(30)33)24(31)17-10-11-20(28)16(3)13-17/h4-15,23,31H,1-3H3/b24-22+. The van der Waals surface area contributed by atoms with Gasteiger partial charge < -0.3 is 9.84 Å². The SMILES string of the molecule is Cc1cc(/C(O)=C2\C(=O)C(=O)N(c3cccc(C(=O)OC(C)C)c3)C2c2ccccn2)ccc1F. The number of benzene rings is 2. The Morgan fingerprint density at radius 1 is 1.06 bits per heavy atom. The molecule has 1 saturated heterocycles. The highest BCUT2D eigenvalue weighted by Crippen LogP contribution is 2.41. The zero-order valence-electron chi connectivity index (χ0n) is 19.4. The van der Waals surface area contributed by atoms with Crippen molar-refractivity contribution in [2.75, 3.05) is 4.90 Å². The van der Waals surface area contributed by atoms with Crippen LogP contribution < -0.4 is 4.90 Å². The van der Waals surface area contributed by atoms with Crippen LogP contribution in [-0.4, -0.2) is 33.9 Å². The van der Waals surface area contributed by atoms with E-state index in [4.69, 9.17) is 4.74 Å². The van der Waals surface area contributed by atoms with Crippen molar-refractivity contribution >= 4 is 29.1 Å². The van der Waals surface area contributed by atoms with Gasteiger partial charge in [0.1, 0.15) is 17.6 Å². The van der Waals surface area contributed by atoms with Crippen LogP contribution in [0.5, 0.6) is 0 Å². The highest BCUT2D eigenvalue weighted by atomic mass is 19.1. The smallest absolute Gasteiger partial charge is 0.338 e. The molecule has 8 heteroatoms. The van der Waals surface area contributed by atoms with Crippen LogP contribution in [0.3, 0.4) is 0 Å². The zero-order valence-corrected chi connectivity index (χ0v) is 19.4. The van der Waals surface area contributed by atoms with Crippen molar-refractivity contribution < 1.29 is 28.6 Å². The molecular formula is C27H23FN2O5. The number of hydrogen-bond acceptors (Lipinski definition) is 6. The molecule has 1 unspecified atom stereocenters. The second-order valence-corrected chi connectivity index (χ2v) is 8.39. The Labute approximate surface area is 201 Å². The number of ether oxygens (including phenoxy) is 1. The molecule has 1 aliphatic heterocycles. The first-order chi connectivity index (χ1) is 16.7. The lowest BCUT2D eigenvalue weighted by atomic mass is 9.97. The van der Waals surface area contributed by atoms with Gasteiger partial charge in [0, 0.05) is 17.4 Å². The first kappa shape index (κ1) is 23.8. The number of rotatable bonds is 5. The third-order valence-corrected chi connectivity index (χ3v) is 5.55. The van der Waals surface area contributed by atoms with Crippen LogP contribution in [0.1, 0.15) is 47.1 Å². The van der Waals surface area contributed by atoms with Gasteiger partial charge in [-0.1, -0.05) is 12.1 Å². The largest absolute Gasteiger partial charge is 0.507 e. The molecule has 4 rings (SSSR count). The molecule has 0 saturated carbocycles. The monoisotopic (exact) mass is 474 g/mol. The van der Waals surface area contributed by atoms with Crippen molar-refractivity contribution in [3.05, 3.63) is 101 Å². The van der Waals surface area contributed by atoms with Crippen molar-refractivity contribution in [1.29, 1.82) is 0 Å². The number of amides is 1. The molecule has 2 heterocycles. The number of Topliss-reactive ketones (excluding diaryl/α,β-unsaturated/α-hetero) is 1. The minimum absolute atomic E-state index is 0.185. The Hall–Kier alpha value is -4.33. The molecular weight excluding hydrogens is 451 g/mol. The van der Waals surface area contributed by atoms with E-state index in [2.05, 4.69) is 4.98 Å². The summed E-state index contributed by atoms with van der Waals surface area (Å²) >= 11 is 0. The highest BCUT2D eigenvalue weighted by molar-refractivity contribution is 6.51. The Morgan fingerprint density at radius 2 is 1.83 bits per heavy atom. The average molecular weight is 474 g/mol. The molecule has 1 fully saturated rings. The fraction of sp³-hybridized carbons (Fsp3) is 0.185. The normalized spacial score (nSPS) is 17.2. The number of anilines is 1. The number of halogens is 1. The fourth-order valence-corrected chi connectivity index (χ4v) is 3.93. The van der Waals surface area contributed by atoms with E-state index in [0.29, 0.717) is 5.69 Å². The number of nitrogens with zero attached hydrogens (tertiary/aromatic N) is 2. The van der Waals surface area contributed by atoms with Gasteiger partial charge in [-0.25, -0.2) is 9.18 Å². The van der Waals surface area contributed by atoms with Gasteiger partial charge in [-0.3, -0.25) is 19.5 Å². The van der Waals surface area contributed by atoms with Gasteiger partial charge in [-0.15, -0.1) is 0 Å². The fourth-order valence-electron chi connectivity index (χ4n) is 3.93. The number of esters is 1. The molecule has 35 heavy (non-hydrogen) atoms. The third-order valence-electron chi connectivity index (χ3n) is 5.55. The summed E-state index contributed by atoms with van der Waals surface area (Å²) in [5, 5.41) is 11.1. The number of pyridine rings is 1. The number of carbonyl (C=O) groups is 3. The van der Waals surface area contributed by atoms with Crippen molar-refractivity contribution in [3.8, 4) is 0 Å². The second-order valence-electron chi connectivity index (χ2n) is 8.39. The van der Waals surface area contributed by atoms with E-state index >= 15 is 0 Å². The Bertz CT molecular complexity index is 1350. The second kappa shape index (κ2) is 9.50. The Kier molecular flexibility index (Phi) is 6.46. The maximum absolute atomic E-state index is 13.8. The van der Waals surface area contributed by atoms with Gasteiger partial charge in [0.05, 0.1) is 22.9 Å². The van der Waals surface area contributed by atoms with Crippen molar-refractivity contribution in [2.45, 2.75) is 32.9 Å². The van der Waals surface area contributed by atoms with E-state index in [1.807, 2.05) is 0 Å². The van der Waals surface area contributed by atoms with Gasteiger partial charge >= 0.3 is 5.97 Å². The quantitative estimate of drug-likeness (QED) is 0.249. The molecule has 1 atom stereocenters. The van der Waals surface area contributed by atoms with Crippen molar-refractivity contribution in [3.63, 3.8) is 0 Å². The summed E-state index contributed by atoms with van der Waals surface area (Å²) in [5.41, 5.74) is 1.07.